The lowest BCUT2D eigenvalue weighted by Gasteiger charge is -1.96. The van der Waals surface area contributed by atoms with Crippen molar-refractivity contribution in [2.24, 2.45) is 0 Å². The Bertz CT molecular complexity index is 237. The van der Waals surface area contributed by atoms with E-state index in [1.807, 2.05) is 0 Å². The first-order valence-corrected chi connectivity index (χ1v) is 6.73. The smallest absolute Gasteiger partial charge is 0.131 e. The number of aromatic nitrogens is 2. The second-order valence-electron chi connectivity index (χ2n) is 2.76. The Balaban J connectivity index is 2.06. The van der Waals surface area contributed by atoms with Crippen LogP contribution < -0.4 is 0 Å². The summed E-state index contributed by atoms with van der Waals surface area (Å²) in [5, 5.41) is 7.83. The molecule has 0 saturated heterocycles. The molecule has 0 aliphatic carbocycles. The first-order chi connectivity index (χ1) is 6.33. The Morgan fingerprint density at radius 3 is 2.77 bits per heavy atom. The van der Waals surface area contributed by atoms with E-state index in [9.17, 15) is 0 Å². The van der Waals surface area contributed by atoms with Crippen LogP contribution in [0.1, 0.15) is 32.6 Å². The molecule has 0 aliphatic rings. The molecule has 1 aromatic rings. The molecular formula is C8H14N2S3. The van der Waals surface area contributed by atoms with E-state index in [1.54, 1.807) is 23.1 Å². The molecule has 2 nitrogen and oxygen atoms in total. The van der Waals surface area contributed by atoms with Crippen molar-refractivity contribution < 1.29 is 0 Å². The van der Waals surface area contributed by atoms with Crippen molar-refractivity contribution in [2.45, 2.75) is 41.3 Å². The molecule has 0 spiro atoms. The summed E-state index contributed by atoms with van der Waals surface area (Å²) < 4.78 is 1.80. The van der Waals surface area contributed by atoms with Crippen LogP contribution in [0.3, 0.4) is 0 Å². The normalized spacial score (nSPS) is 10.6. The molecule has 74 valence electrons. The topological polar surface area (TPSA) is 25.8 Å². The quantitative estimate of drug-likeness (QED) is 0.463. The maximum atomic E-state index is 4.12. The minimum Gasteiger partial charge on any atom is -0.131 e. The van der Waals surface area contributed by atoms with Gasteiger partial charge in [0.2, 0.25) is 0 Å². The maximum Gasteiger partial charge on any atom is 0.175 e. The number of nitrogens with zero attached hydrogens (tertiary/aromatic N) is 2. The van der Waals surface area contributed by atoms with E-state index in [4.69, 9.17) is 0 Å². The zero-order valence-electron chi connectivity index (χ0n) is 7.69. The number of rotatable bonds is 6. The standard InChI is InChI=1S/C8H14N2S3/c1-2-3-4-5-6-12-8-10-9-7(11)13-8/h2-6H2,1H3,(H,9,11). The van der Waals surface area contributed by atoms with Crippen LogP contribution in [0.15, 0.2) is 8.68 Å². The van der Waals surface area contributed by atoms with Crippen molar-refractivity contribution in [3.63, 3.8) is 0 Å². The molecule has 1 rings (SSSR count). The summed E-state index contributed by atoms with van der Waals surface area (Å²) in [5.41, 5.74) is 0. The first kappa shape index (κ1) is 11.3. The summed E-state index contributed by atoms with van der Waals surface area (Å²) in [5.74, 6) is 1.16. The van der Waals surface area contributed by atoms with Gasteiger partial charge >= 0.3 is 0 Å². The largest absolute Gasteiger partial charge is 0.175 e. The number of hydrogen-bond donors (Lipinski definition) is 1. The highest BCUT2D eigenvalue weighted by molar-refractivity contribution is 8.01. The molecule has 0 fully saturated rings. The molecule has 0 N–H and O–H groups in total. The van der Waals surface area contributed by atoms with Gasteiger partial charge in [-0.1, -0.05) is 49.3 Å². The summed E-state index contributed by atoms with van der Waals surface area (Å²) in [6.45, 7) is 2.23. The van der Waals surface area contributed by atoms with Crippen molar-refractivity contribution in [2.75, 3.05) is 5.75 Å². The van der Waals surface area contributed by atoms with Crippen LogP contribution in [0, 0.1) is 0 Å². The Morgan fingerprint density at radius 1 is 1.31 bits per heavy atom. The summed E-state index contributed by atoms with van der Waals surface area (Å²) in [7, 11) is 0. The van der Waals surface area contributed by atoms with Gasteiger partial charge in [0.05, 0.1) is 0 Å². The second kappa shape index (κ2) is 6.68. The fourth-order valence-electron chi connectivity index (χ4n) is 0.949. The molecule has 1 heterocycles. The third-order valence-electron chi connectivity index (χ3n) is 1.62. The van der Waals surface area contributed by atoms with Gasteiger partial charge in [0.15, 0.2) is 8.68 Å². The van der Waals surface area contributed by atoms with Gasteiger partial charge in [-0.05, 0) is 6.42 Å². The fraction of sp³-hybridized carbons (Fsp3) is 0.750. The first-order valence-electron chi connectivity index (χ1n) is 4.48. The van der Waals surface area contributed by atoms with Crippen molar-refractivity contribution in [1.29, 1.82) is 0 Å². The number of thiol groups is 1. The molecule has 1 aromatic heterocycles. The van der Waals surface area contributed by atoms with E-state index in [-0.39, 0.29) is 0 Å². The van der Waals surface area contributed by atoms with E-state index < -0.39 is 0 Å². The van der Waals surface area contributed by atoms with Crippen LogP contribution in [0.5, 0.6) is 0 Å². The molecule has 0 radical (unpaired) electrons. The van der Waals surface area contributed by atoms with Gasteiger partial charge in [-0.2, -0.15) is 0 Å². The molecule has 0 aromatic carbocycles. The summed E-state index contributed by atoms with van der Waals surface area (Å²) >= 11 is 7.46. The summed E-state index contributed by atoms with van der Waals surface area (Å²) in [6, 6.07) is 0. The molecule has 0 saturated carbocycles. The summed E-state index contributed by atoms with van der Waals surface area (Å²) in [6.07, 6.45) is 5.24. The van der Waals surface area contributed by atoms with Crippen molar-refractivity contribution in [3.05, 3.63) is 0 Å². The van der Waals surface area contributed by atoms with Crippen LogP contribution in [0.25, 0.3) is 0 Å². The zero-order chi connectivity index (χ0) is 9.52. The zero-order valence-corrected chi connectivity index (χ0v) is 10.2. The van der Waals surface area contributed by atoms with E-state index in [0.29, 0.717) is 0 Å². The lowest BCUT2D eigenvalue weighted by atomic mass is 10.2. The van der Waals surface area contributed by atoms with Crippen LogP contribution in [0.4, 0.5) is 0 Å². The van der Waals surface area contributed by atoms with Crippen molar-refractivity contribution >= 4 is 35.7 Å². The van der Waals surface area contributed by atoms with Crippen LogP contribution in [-0.4, -0.2) is 16.0 Å². The molecule has 13 heavy (non-hydrogen) atoms. The van der Waals surface area contributed by atoms with E-state index >= 15 is 0 Å². The molecule has 0 unspecified atom stereocenters. The molecular weight excluding hydrogens is 220 g/mol. The monoisotopic (exact) mass is 234 g/mol. The van der Waals surface area contributed by atoms with E-state index in [2.05, 4.69) is 29.7 Å². The van der Waals surface area contributed by atoms with Gasteiger partial charge in [-0.15, -0.1) is 22.8 Å². The number of thioether (sulfide) groups is 1. The predicted molar refractivity (Wildman–Crippen MR) is 62.0 cm³/mol. The average Bonchev–Trinajstić information content (AvgIpc) is 2.51. The average molecular weight is 234 g/mol. The van der Waals surface area contributed by atoms with Gasteiger partial charge < -0.3 is 0 Å². The third-order valence-corrected chi connectivity index (χ3v) is 3.93. The Morgan fingerprint density at radius 2 is 2.15 bits per heavy atom. The lowest BCUT2D eigenvalue weighted by molar-refractivity contribution is 0.706. The second-order valence-corrected chi connectivity index (χ2v) is 5.81. The highest BCUT2D eigenvalue weighted by Gasteiger charge is 2.00. The number of unbranched alkanes of at least 4 members (excludes halogenated alkanes) is 3. The Hall–Kier alpha value is 0.260. The fourth-order valence-corrected chi connectivity index (χ4v) is 3.10. The molecule has 0 atom stereocenters. The van der Waals surface area contributed by atoms with E-state index in [0.717, 1.165) is 14.4 Å². The summed E-state index contributed by atoms with van der Waals surface area (Å²) in [4.78, 5) is 0. The van der Waals surface area contributed by atoms with Crippen molar-refractivity contribution in [3.8, 4) is 0 Å². The molecule has 0 aliphatic heterocycles. The van der Waals surface area contributed by atoms with Gasteiger partial charge in [-0.25, -0.2) is 0 Å². The Kier molecular flexibility index (Phi) is 5.82. The number of hydrogen-bond acceptors (Lipinski definition) is 5. The van der Waals surface area contributed by atoms with E-state index in [1.165, 1.54) is 25.7 Å². The molecule has 0 bridgehead atoms. The van der Waals surface area contributed by atoms with Gasteiger partial charge in [0.1, 0.15) is 0 Å². The molecule has 0 amide bonds. The Labute approximate surface area is 92.9 Å². The highest BCUT2D eigenvalue weighted by atomic mass is 32.2. The van der Waals surface area contributed by atoms with Crippen LogP contribution in [0.2, 0.25) is 0 Å². The minimum atomic E-state index is 0.760. The maximum absolute atomic E-state index is 4.12. The highest BCUT2D eigenvalue weighted by Crippen LogP contribution is 2.24. The van der Waals surface area contributed by atoms with Crippen molar-refractivity contribution in [1.82, 2.24) is 10.2 Å². The van der Waals surface area contributed by atoms with Gasteiger partial charge in [-0.3, -0.25) is 0 Å². The SMILES string of the molecule is CCCCCCSc1nnc(S)s1. The minimum absolute atomic E-state index is 0.760. The lowest BCUT2D eigenvalue weighted by Crippen LogP contribution is -1.80. The van der Waals surface area contributed by atoms with Gasteiger partial charge in [0, 0.05) is 5.75 Å². The van der Waals surface area contributed by atoms with Crippen LogP contribution >= 0.6 is 35.7 Å². The van der Waals surface area contributed by atoms with Gasteiger partial charge in [0.25, 0.3) is 0 Å². The predicted octanol–water partition coefficient (Wildman–Crippen LogP) is 3.50. The third kappa shape index (κ3) is 4.88. The molecule has 5 heteroatoms. The van der Waals surface area contributed by atoms with Crippen LogP contribution in [-0.2, 0) is 0 Å².